The number of carbonyl (C=O) groups is 3. The van der Waals surface area contributed by atoms with Gasteiger partial charge in [-0.15, -0.1) is 0 Å². The van der Waals surface area contributed by atoms with Gasteiger partial charge in [-0.2, -0.15) is 0 Å². The summed E-state index contributed by atoms with van der Waals surface area (Å²) in [6.45, 7) is 6.58. The molecule has 0 N–H and O–H groups in total. The van der Waals surface area contributed by atoms with Gasteiger partial charge in [-0.3, -0.25) is 14.4 Å². The van der Waals surface area contributed by atoms with Crippen LogP contribution in [0.2, 0.25) is 0 Å². The molecule has 0 amide bonds. The van der Waals surface area contributed by atoms with Crippen molar-refractivity contribution < 1.29 is 28.6 Å². The average Bonchev–Trinajstić information content (AvgIpc) is 3.43. The SMILES string of the molecule is CC/C=C\C/C=C\C/C=C\C/C=C\CCCCCCCCCCCCCCCCCCCCCCC(=O)OCC(COC(=O)CCCCCCCCCCCCC)OC(=O)CCCCCCCCCCCCCCCCC. The molecule has 450 valence electrons. The molecular weight excluding hydrogens is 949 g/mol. The van der Waals surface area contributed by atoms with E-state index in [0.717, 1.165) is 83.5 Å². The van der Waals surface area contributed by atoms with E-state index in [4.69, 9.17) is 14.2 Å². The second kappa shape index (κ2) is 65.9. The molecule has 0 aliphatic rings. The van der Waals surface area contributed by atoms with Gasteiger partial charge in [0.2, 0.25) is 0 Å². The smallest absolute Gasteiger partial charge is 0.306 e. The second-order valence-corrected chi connectivity index (χ2v) is 23.1. The first kappa shape index (κ1) is 74.4. The van der Waals surface area contributed by atoms with Crippen LogP contribution in [0.1, 0.15) is 367 Å². The lowest BCUT2D eigenvalue weighted by molar-refractivity contribution is -0.167. The molecule has 1 atom stereocenters. The second-order valence-electron chi connectivity index (χ2n) is 23.1. The molecule has 0 saturated heterocycles. The van der Waals surface area contributed by atoms with Crippen LogP contribution in [0.25, 0.3) is 0 Å². The maximum absolute atomic E-state index is 12.9. The van der Waals surface area contributed by atoms with E-state index >= 15 is 0 Å². The summed E-state index contributed by atoms with van der Waals surface area (Å²) in [5, 5.41) is 0. The summed E-state index contributed by atoms with van der Waals surface area (Å²) in [7, 11) is 0. The molecule has 77 heavy (non-hydrogen) atoms. The monoisotopic (exact) mass is 1080 g/mol. The van der Waals surface area contributed by atoms with E-state index in [9.17, 15) is 14.4 Å². The summed E-state index contributed by atoms with van der Waals surface area (Å²) in [5.41, 5.74) is 0. The first-order chi connectivity index (χ1) is 38.0. The predicted molar refractivity (Wildman–Crippen MR) is 335 cm³/mol. The third-order valence-corrected chi connectivity index (χ3v) is 15.3. The topological polar surface area (TPSA) is 78.9 Å². The molecule has 6 nitrogen and oxygen atoms in total. The highest BCUT2D eigenvalue weighted by atomic mass is 16.6. The summed E-state index contributed by atoms with van der Waals surface area (Å²) in [6, 6.07) is 0. The van der Waals surface area contributed by atoms with Crippen LogP contribution in [-0.4, -0.2) is 37.2 Å². The molecule has 0 aromatic rings. The molecule has 0 aromatic carbocycles. The lowest BCUT2D eigenvalue weighted by atomic mass is 10.0. The minimum absolute atomic E-state index is 0.0649. The summed E-state index contributed by atoms with van der Waals surface area (Å²) in [5.74, 6) is -0.838. The highest BCUT2D eigenvalue weighted by molar-refractivity contribution is 5.71. The highest BCUT2D eigenvalue weighted by Crippen LogP contribution is 2.18. The highest BCUT2D eigenvalue weighted by Gasteiger charge is 2.19. The van der Waals surface area contributed by atoms with E-state index in [1.54, 1.807) is 0 Å². The number of unbranched alkanes of at least 4 members (excludes halogenated alkanes) is 44. The van der Waals surface area contributed by atoms with Gasteiger partial charge in [0.15, 0.2) is 6.10 Å². The third-order valence-electron chi connectivity index (χ3n) is 15.3. The molecule has 0 saturated carbocycles. The molecule has 0 aliphatic heterocycles. The van der Waals surface area contributed by atoms with Crippen LogP contribution in [0.15, 0.2) is 48.6 Å². The van der Waals surface area contributed by atoms with Gasteiger partial charge in [-0.25, -0.2) is 0 Å². The Labute approximate surface area is 479 Å². The van der Waals surface area contributed by atoms with Crippen molar-refractivity contribution in [2.75, 3.05) is 13.2 Å². The van der Waals surface area contributed by atoms with Crippen molar-refractivity contribution in [3.8, 4) is 0 Å². The van der Waals surface area contributed by atoms with E-state index in [0.29, 0.717) is 19.3 Å². The fraction of sp³-hybridized carbons (Fsp3) is 0.845. The minimum atomic E-state index is -0.766. The molecule has 0 radical (unpaired) electrons. The first-order valence-corrected chi connectivity index (χ1v) is 34.1. The predicted octanol–water partition coefficient (Wildman–Crippen LogP) is 23.3. The number of esters is 3. The van der Waals surface area contributed by atoms with E-state index in [1.165, 1.54) is 244 Å². The van der Waals surface area contributed by atoms with E-state index in [-0.39, 0.29) is 31.1 Å². The van der Waals surface area contributed by atoms with Crippen LogP contribution in [0.4, 0.5) is 0 Å². The van der Waals surface area contributed by atoms with Crippen LogP contribution in [0, 0.1) is 0 Å². The van der Waals surface area contributed by atoms with Crippen LogP contribution in [-0.2, 0) is 28.6 Å². The largest absolute Gasteiger partial charge is 0.462 e. The van der Waals surface area contributed by atoms with Gasteiger partial charge in [-0.05, 0) is 57.8 Å². The fourth-order valence-electron chi connectivity index (χ4n) is 10.3. The lowest BCUT2D eigenvalue weighted by Crippen LogP contribution is -2.30. The molecule has 1 unspecified atom stereocenters. The van der Waals surface area contributed by atoms with Crippen molar-refractivity contribution >= 4 is 17.9 Å². The molecule has 0 bridgehead atoms. The molecule has 6 heteroatoms. The first-order valence-electron chi connectivity index (χ1n) is 34.1. The number of hydrogen-bond donors (Lipinski definition) is 0. The quantitative estimate of drug-likeness (QED) is 0.0261. The Bertz CT molecular complexity index is 1330. The van der Waals surface area contributed by atoms with Crippen molar-refractivity contribution in [3.63, 3.8) is 0 Å². The molecule has 0 fully saturated rings. The number of carbonyl (C=O) groups excluding carboxylic acids is 3. The van der Waals surface area contributed by atoms with Crippen molar-refractivity contribution in [3.05, 3.63) is 48.6 Å². The molecule has 0 aromatic heterocycles. The van der Waals surface area contributed by atoms with Gasteiger partial charge in [-0.1, -0.05) is 339 Å². The molecule has 0 rings (SSSR count). The zero-order valence-electron chi connectivity index (χ0n) is 51.7. The summed E-state index contributed by atoms with van der Waals surface area (Å²) >= 11 is 0. The lowest BCUT2D eigenvalue weighted by Gasteiger charge is -2.18. The molecule has 0 aliphatic carbocycles. The summed E-state index contributed by atoms with van der Waals surface area (Å²) in [6.07, 6.45) is 82.9. The van der Waals surface area contributed by atoms with E-state index in [1.807, 2.05) is 0 Å². The van der Waals surface area contributed by atoms with Crippen molar-refractivity contribution in [1.82, 2.24) is 0 Å². The Hall–Kier alpha value is -2.63. The number of ether oxygens (including phenoxy) is 3. The Morgan fingerprint density at radius 1 is 0.273 bits per heavy atom. The van der Waals surface area contributed by atoms with Crippen LogP contribution >= 0.6 is 0 Å². The van der Waals surface area contributed by atoms with Gasteiger partial charge in [0, 0.05) is 19.3 Å². The summed E-state index contributed by atoms with van der Waals surface area (Å²) in [4.78, 5) is 38.2. The van der Waals surface area contributed by atoms with Gasteiger partial charge >= 0.3 is 17.9 Å². The number of hydrogen-bond acceptors (Lipinski definition) is 6. The van der Waals surface area contributed by atoms with Gasteiger partial charge < -0.3 is 14.2 Å². The van der Waals surface area contributed by atoms with Gasteiger partial charge in [0.25, 0.3) is 0 Å². The van der Waals surface area contributed by atoms with E-state index in [2.05, 4.69) is 69.4 Å². The number of allylic oxidation sites excluding steroid dienone is 8. The normalized spacial score (nSPS) is 12.3. The fourth-order valence-corrected chi connectivity index (χ4v) is 10.3. The maximum Gasteiger partial charge on any atom is 0.306 e. The van der Waals surface area contributed by atoms with Crippen LogP contribution < -0.4 is 0 Å². The minimum Gasteiger partial charge on any atom is -0.462 e. The Kier molecular flexibility index (Phi) is 63.6. The zero-order chi connectivity index (χ0) is 55.7. The Morgan fingerprint density at radius 3 is 0.792 bits per heavy atom. The van der Waals surface area contributed by atoms with Crippen molar-refractivity contribution in [1.29, 1.82) is 0 Å². The molecule has 0 spiro atoms. The maximum atomic E-state index is 12.9. The average molecular weight is 1080 g/mol. The van der Waals surface area contributed by atoms with Crippen LogP contribution in [0.5, 0.6) is 0 Å². The van der Waals surface area contributed by atoms with Crippen molar-refractivity contribution in [2.45, 2.75) is 374 Å². The molecule has 0 heterocycles. The van der Waals surface area contributed by atoms with Gasteiger partial charge in [0.1, 0.15) is 13.2 Å². The Balaban J connectivity index is 4.05. The number of rotatable bonds is 63. The summed E-state index contributed by atoms with van der Waals surface area (Å²) < 4.78 is 16.9. The third kappa shape index (κ3) is 64.1. The van der Waals surface area contributed by atoms with Crippen molar-refractivity contribution in [2.24, 2.45) is 0 Å². The van der Waals surface area contributed by atoms with E-state index < -0.39 is 6.10 Å². The van der Waals surface area contributed by atoms with Gasteiger partial charge in [0.05, 0.1) is 0 Å². The standard InChI is InChI=1S/C71H130O6/c1-4-7-10-13-16-19-22-24-26-27-28-29-30-31-32-33-34-35-36-37-38-39-40-41-42-43-45-46-49-52-55-58-61-64-70(73)76-67-68(66-75-69(72)63-60-57-54-51-48-21-18-15-12-9-6-3)77-71(74)65-62-59-56-53-50-47-44-25-23-20-17-14-11-8-5-2/h7,10,16,19,24,26,28-29,68H,4-6,8-9,11-15,17-18,20-23,25,27,30-67H2,1-3H3/b10-7-,19-16-,26-24-,29-28-. The zero-order valence-corrected chi connectivity index (χ0v) is 51.7. The Morgan fingerprint density at radius 2 is 0.506 bits per heavy atom. The molecular formula is C71H130O6. The van der Waals surface area contributed by atoms with Crippen LogP contribution in [0.3, 0.4) is 0 Å².